The summed E-state index contributed by atoms with van der Waals surface area (Å²) in [6.07, 6.45) is 3.92. The van der Waals surface area contributed by atoms with Crippen molar-refractivity contribution in [2.45, 2.75) is 40.0 Å². The van der Waals surface area contributed by atoms with Crippen molar-refractivity contribution >= 4 is 5.91 Å². The van der Waals surface area contributed by atoms with Crippen LogP contribution in [0.4, 0.5) is 0 Å². The number of carbonyl (C=O) groups is 1. The van der Waals surface area contributed by atoms with E-state index in [1.165, 1.54) is 19.4 Å². The first kappa shape index (κ1) is 14.4. The Morgan fingerprint density at radius 3 is 2.40 bits per heavy atom. The summed E-state index contributed by atoms with van der Waals surface area (Å²) in [6.45, 7) is 12.4. The third-order valence-corrected chi connectivity index (χ3v) is 5.85. The van der Waals surface area contributed by atoms with E-state index in [4.69, 9.17) is 0 Å². The predicted octanol–water partition coefficient (Wildman–Crippen LogP) is 2.47. The fourth-order valence-corrected chi connectivity index (χ4v) is 3.69. The van der Waals surface area contributed by atoms with Crippen LogP contribution in [0.15, 0.2) is 0 Å². The summed E-state index contributed by atoms with van der Waals surface area (Å²) in [5.41, 5.74) is 0. The molecule has 3 rings (SSSR count). The molecule has 20 heavy (non-hydrogen) atoms. The van der Waals surface area contributed by atoms with Gasteiger partial charge < -0.3 is 9.80 Å². The van der Waals surface area contributed by atoms with Gasteiger partial charge in [0.1, 0.15) is 0 Å². The maximum absolute atomic E-state index is 12.5. The average molecular weight is 278 g/mol. The van der Waals surface area contributed by atoms with E-state index in [0.29, 0.717) is 11.8 Å². The smallest absolute Gasteiger partial charge is 0.227 e. The zero-order chi connectivity index (χ0) is 14.3. The molecule has 2 atom stereocenters. The SMILES string of the molecule is CC(C)C(C)C1CN(C(=O)[C@H]2CCN(CC3CC3)C2)C1. The van der Waals surface area contributed by atoms with E-state index in [0.717, 1.165) is 56.3 Å². The van der Waals surface area contributed by atoms with Crippen LogP contribution >= 0.6 is 0 Å². The fourth-order valence-electron chi connectivity index (χ4n) is 3.69. The first-order valence-corrected chi connectivity index (χ1v) is 8.55. The quantitative estimate of drug-likeness (QED) is 0.771. The standard InChI is InChI=1S/C17H30N2O/c1-12(2)13(3)16-10-19(11-16)17(20)15-6-7-18(9-15)8-14-4-5-14/h12-16H,4-11H2,1-3H3/t13?,15-/m0/s1. The Morgan fingerprint density at radius 1 is 1.10 bits per heavy atom. The molecule has 0 bridgehead atoms. The molecule has 0 N–H and O–H groups in total. The van der Waals surface area contributed by atoms with Crippen LogP contribution in [-0.2, 0) is 4.79 Å². The number of nitrogens with zero attached hydrogens (tertiary/aromatic N) is 2. The summed E-state index contributed by atoms with van der Waals surface area (Å²) >= 11 is 0. The van der Waals surface area contributed by atoms with E-state index < -0.39 is 0 Å². The second-order valence-corrected chi connectivity index (χ2v) is 7.79. The lowest BCUT2D eigenvalue weighted by Gasteiger charge is -2.44. The van der Waals surface area contributed by atoms with Gasteiger partial charge in [-0.2, -0.15) is 0 Å². The van der Waals surface area contributed by atoms with Gasteiger partial charge in [0.05, 0.1) is 5.92 Å². The molecule has 2 heterocycles. The zero-order valence-electron chi connectivity index (χ0n) is 13.3. The number of hydrogen-bond acceptors (Lipinski definition) is 2. The summed E-state index contributed by atoms with van der Waals surface area (Å²) in [6, 6.07) is 0. The summed E-state index contributed by atoms with van der Waals surface area (Å²) in [7, 11) is 0. The molecular formula is C17H30N2O. The van der Waals surface area contributed by atoms with Crippen molar-refractivity contribution in [1.29, 1.82) is 0 Å². The van der Waals surface area contributed by atoms with Crippen molar-refractivity contribution < 1.29 is 4.79 Å². The van der Waals surface area contributed by atoms with Crippen molar-refractivity contribution in [3.63, 3.8) is 0 Å². The lowest BCUT2D eigenvalue weighted by Crippen LogP contribution is -2.55. The topological polar surface area (TPSA) is 23.6 Å². The molecular weight excluding hydrogens is 248 g/mol. The van der Waals surface area contributed by atoms with Crippen molar-refractivity contribution in [2.24, 2.45) is 29.6 Å². The molecule has 3 heteroatoms. The van der Waals surface area contributed by atoms with E-state index in [1.54, 1.807) is 0 Å². The van der Waals surface area contributed by atoms with Crippen molar-refractivity contribution in [3.05, 3.63) is 0 Å². The van der Waals surface area contributed by atoms with Crippen LogP contribution in [0.1, 0.15) is 40.0 Å². The van der Waals surface area contributed by atoms with Gasteiger partial charge in [-0.3, -0.25) is 4.79 Å². The Hall–Kier alpha value is -0.570. The normalized spacial score (nSPS) is 29.8. The third-order valence-electron chi connectivity index (χ3n) is 5.85. The van der Waals surface area contributed by atoms with E-state index in [9.17, 15) is 4.79 Å². The molecule has 114 valence electrons. The molecule has 3 fully saturated rings. The summed E-state index contributed by atoms with van der Waals surface area (Å²) in [4.78, 5) is 17.2. The first-order valence-electron chi connectivity index (χ1n) is 8.55. The summed E-state index contributed by atoms with van der Waals surface area (Å²) < 4.78 is 0. The largest absolute Gasteiger partial charge is 0.342 e. The van der Waals surface area contributed by atoms with Gasteiger partial charge in [-0.25, -0.2) is 0 Å². The number of likely N-dealkylation sites (tertiary alicyclic amines) is 2. The zero-order valence-corrected chi connectivity index (χ0v) is 13.3. The predicted molar refractivity (Wildman–Crippen MR) is 81.3 cm³/mol. The molecule has 3 nitrogen and oxygen atoms in total. The molecule has 1 saturated carbocycles. The number of amides is 1. The Morgan fingerprint density at radius 2 is 1.80 bits per heavy atom. The molecule has 1 amide bonds. The van der Waals surface area contributed by atoms with Crippen LogP contribution in [-0.4, -0.2) is 48.4 Å². The maximum atomic E-state index is 12.5. The van der Waals surface area contributed by atoms with Gasteiger partial charge in [0.25, 0.3) is 0 Å². The van der Waals surface area contributed by atoms with Gasteiger partial charge in [0, 0.05) is 26.2 Å². The van der Waals surface area contributed by atoms with Crippen LogP contribution in [0.3, 0.4) is 0 Å². The minimum Gasteiger partial charge on any atom is -0.342 e. The Balaban J connectivity index is 1.42. The molecule has 1 unspecified atom stereocenters. The highest BCUT2D eigenvalue weighted by Gasteiger charge is 2.40. The lowest BCUT2D eigenvalue weighted by atomic mass is 9.80. The Bertz CT molecular complexity index is 358. The van der Waals surface area contributed by atoms with Crippen LogP contribution in [0.5, 0.6) is 0 Å². The molecule has 0 radical (unpaired) electrons. The highest BCUT2D eigenvalue weighted by atomic mass is 16.2. The van der Waals surface area contributed by atoms with Gasteiger partial charge in [0.15, 0.2) is 0 Å². The fraction of sp³-hybridized carbons (Fsp3) is 0.941. The first-order chi connectivity index (χ1) is 9.54. The summed E-state index contributed by atoms with van der Waals surface area (Å²) in [5.74, 6) is 3.90. The van der Waals surface area contributed by atoms with E-state index >= 15 is 0 Å². The highest BCUT2D eigenvalue weighted by molar-refractivity contribution is 5.80. The minimum atomic E-state index is 0.295. The monoisotopic (exact) mass is 278 g/mol. The van der Waals surface area contributed by atoms with Gasteiger partial charge in [-0.05, 0) is 49.5 Å². The Kier molecular flexibility index (Phi) is 4.07. The maximum Gasteiger partial charge on any atom is 0.227 e. The van der Waals surface area contributed by atoms with Crippen molar-refractivity contribution in [2.75, 3.05) is 32.7 Å². The van der Waals surface area contributed by atoms with Crippen LogP contribution in [0.2, 0.25) is 0 Å². The Labute approximate surface area is 123 Å². The van der Waals surface area contributed by atoms with Crippen LogP contribution < -0.4 is 0 Å². The van der Waals surface area contributed by atoms with Crippen molar-refractivity contribution in [3.8, 4) is 0 Å². The molecule has 0 aromatic carbocycles. The van der Waals surface area contributed by atoms with Gasteiger partial charge in [-0.15, -0.1) is 0 Å². The minimum absolute atomic E-state index is 0.295. The van der Waals surface area contributed by atoms with E-state index in [1.807, 2.05) is 0 Å². The van der Waals surface area contributed by atoms with E-state index in [2.05, 4.69) is 30.6 Å². The molecule has 0 spiro atoms. The second kappa shape index (κ2) is 5.67. The van der Waals surface area contributed by atoms with Gasteiger partial charge in [-0.1, -0.05) is 20.8 Å². The van der Waals surface area contributed by atoms with Gasteiger partial charge >= 0.3 is 0 Å². The van der Waals surface area contributed by atoms with Crippen LogP contribution in [0.25, 0.3) is 0 Å². The molecule has 3 aliphatic rings. The third kappa shape index (κ3) is 3.03. The lowest BCUT2D eigenvalue weighted by molar-refractivity contribution is -0.143. The molecule has 0 aromatic rings. The number of rotatable bonds is 5. The number of carbonyl (C=O) groups excluding carboxylic acids is 1. The van der Waals surface area contributed by atoms with Gasteiger partial charge in [0.2, 0.25) is 5.91 Å². The molecule has 0 aromatic heterocycles. The van der Waals surface area contributed by atoms with Crippen LogP contribution in [0, 0.1) is 29.6 Å². The second-order valence-electron chi connectivity index (χ2n) is 7.79. The highest BCUT2D eigenvalue weighted by Crippen LogP contribution is 2.33. The van der Waals surface area contributed by atoms with E-state index in [-0.39, 0.29) is 0 Å². The number of hydrogen-bond donors (Lipinski definition) is 0. The van der Waals surface area contributed by atoms with Crippen molar-refractivity contribution in [1.82, 2.24) is 9.80 Å². The molecule has 2 saturated heterocycles. The molecule has 1 aliphatic carbocycles. The average Bonchev–Trinajstić information content (AvgIpc) is 3.02. The molecule has 2 aliphatic heterocycles. The summed E-state index contributed by atoms with van der Waals surface area (Å²) in [5, 5.41) is 0.